The molecule has 0 amide bonds. The van der Waals surface area contributed by atoms with Crippen LogP contribution in [0.15, 0.2) is 18.2 Å². The van der Waals surface area contributed by atoms with E-state index in [2.05, 4.69) is 11.8 Å². The first-order valence-corrected chi connectivity index (χ1v) is 7.38. The molecule has 1 aliphatic heterocycles. The van der Waals surface area contributed by atoms with Crippen molar-refractivity contribution in [2.24, 2.45) is 0 Å². The molecule has 0 bridgehead atoms. The number of hydrogen-bond acceptors (Lipinski definition) is 4. The quantitative estimate of drug-likeness (QED) is 0.836. The van der Waals surface area contributed by atoms with Crippen molar-refractivity contribution < 1.29 is 19.4 Å². The number of ether oxygens (including phenoxy) is 2. The van der Waals surface area contributed by atoms with Crippen molar-refractivity contribution in [3.63, 3.8) is 0 Å². The Morgan fingerprint density at radius 1 is 1.52 bits per heavy atom. The average molecular weight is 293 g/mol. The first-order chi connectivity index (χ1) is 10.1. The molecule has 21 heavy (non-hydrogen) atoms. The summed E-state index contributed by atoms with van der Waals surface area (Å²) in [6.07, 6.45) is 2.59. The van der Waals surface area contributed by atoms with Crippen LogP contribution in [-0.2, 0) is 11.3 Å². The van der Waals surface area contributed by atoms with Crippen LogP contribution in [0.4, 0.5) is 0 Å². The predicted octanol–water partition coefficient (Wildman–Crippen LogP) is 2.39. The summed E-state index contributed by atoms with van der Waals surface area (Å²) in [4.78, 5) is 13.4. The van der Waals surface area contributed by atoms with Crippen molar-refractivity contribution >= 4 is 5.97 Å². The number of rotatable bonds is 7. The Balaban J connectivity index is 2.04. The van der Waals surface area contributed by atoms with Crippen molar-refractivity contribution in [1.82, 2.24) is 4.90 Å². The highest BCUT2D eigenvalue weighted by atomic mass is 16.5. The second-order valence-corrected chi connectivity index (χ2v) is 5.30. The Morgan fingerprint density at radius 2 is 2.33 bits per heavy atom. The molecule has 0 spiro atoms. The van der Waals surface area contributed by atoms with Gasteiger partial charge in [-0.1, -0.05) is 13.0 Å². The molecule has 1 unspecified atom stereocenters. The van der Waals surface area contributed by atoms with Crippen LogP contribution in [0.2, 0.25) is 0 Å². The SMILES string of the molecule is CCN(Cc1ccc(C(=O)O)c(OC)c1)CC1CCCO1. The van der Waals surface area contributed by atoms with Gasteiger partial charge >= 0.3 is 5.97 Å². The summed E-state index contributed by atoms with van der Waals surface area (Å²) in [7, 11) is 1.50. The molecule has 0 aromatic heterocycles. The fraction of sp³-hybridized carbons (Fsp3) is 0.562. The molecule has 1 fully saturated rings. The van der Waals surface area contributed by atoms with Gasteiger partial charge in [0.15, 0.2) is 0 Å². The Kier molecular flexibility index (Phi) is 5.59. The molecule has 1 N–H and O–H groups in total. The summed E-state index contributed by atoms with van der Waals surface area (Å²) >= 11 is 0. The lowest BCUT2D eigenvalue weighted by molar-refractivity contribution is 0.0693. The molecule has 0 saturated carbocycles. The number of likely N-dealkylation sites (N-methyl/N-ethyl adjacent to an activating group) is 1. The lowest BCUT2D eigenvalue weighted by Crippen LogP contribution is -2.31. The molecule has 5 nitrogen and oxygen atoms in total. The van der Waals surface area contributed by atoms with E-state index in [9.17, 15) is 4.79 Å². The predicted molar refractivity (Wildman–Crippen MR) is 79.9 cm³/mol. The van der Waals surface area contributed by atoms with Gasteiger partial charge < -0.3 is 14.6 Å². The number of carboxylic acids is 1. The maximum absolute atomic E-state index is 11.1. The van der Waals surface area contributed by atoms with Crippen molar-refractivity contribution in [3.8, 4) is 5.75 Å². The molecular formula is C16H23NO4. The van der Waals surface area contributed by atoms with E-state index in [1.165, 1.54) is 7.11 Å². The highest BCUT2D eigenvalue weighted by Gasteiger charge is 2.19. The fourth-order valence-electron chi connectivity index (χ4n) is 2.65. The van der Waals surface area contributed by atoms with Crippen LogP contribution in [0.25, 0.3) is 0 Å². The first-order valence-electron chi connectivity index (χ1n) is 7.38. The van der Waals surface area contributed by atoms with E-state index in [1.54, 1.807) is 6.07 Å². The molecule has 2 rings (SSSR count). The van der Waals surface area contributed by atoms with Gasteiger partial charge in [-0.25, -0.2) is 4.79 Å². The molecule has 116 valence electrons. The van der Waals surface area contributed by atoms with Crippen LogP contribution in [0.1, 0.15) is 35.7 Å². The minimum atomic E-state index is -0.967. The van der Waals surface area contributed by atoms with Gasteiger partial charge in [-0.15, -0.1) is 0 Å². The van der Waals surface area contributed by atoms with Crippen molar-refractivity contribution in [2.75, 3.05) is 26.8 Å². The molecular weight excluding hydrogens is 270 g/mol. The number of hydrogen-bond donors (Lipinski definition) is 1. The van der Waals surface area contributed by atoms with E-state index in [1.807, 2.05) is 12.1 Å². The Hall–Kier alpha value is -1.59. The topological polar surface area (TPSA) is 59.0 Å². The van der Waals surface area contributed by atoms with Crippen LogP contribution in [0, 0.1) is 0 Å². The zero-order valence-electron chi connectivity index (χ0n) is 12.7. The smallest absolute Gasteiger partial charge is 0.339 e. The summed E-state index contributed by atoms with van der Waals surface area (Å²) in [5, 5.41) is 9.10. The van der Waals surface area contributed by atoms with E-state index >= 15 is 0 Å². The number of carboxylic acid groups (broad SMARTS) is 1. The van der Waals surface area contributed by atoms with E-state index in [4.69, 9.17) is 14.6 Å². The van der Waals surface area contributed by atoms with Gasteiger partial charge in [-0.05, 0) is 37.1 Å². The summed E-state index contributed by atoms with van der Waals surface area (Å²) in [6, 6.07) is 5.27. The van der Waals surface area contributed by atoms with Crippen molar-refractivity contribution in [3.05, 3.63) is 29.3 Å². The zero-order valence-corrected chi connectivity index (χ0v) is 12.7. The molecule has 5 heteroatoms. The summed E-state index contributed by atoms with van der Waals surface area (Å²) in [5.74, 6) is -0.557. The van der Waals surface area contributed by atoms with E-state index in [0.29, 0.717) is 11.9 Å². The second kappa shape index (κ2) is 7.43. The van der Waals surface area contributed by atoms with Gasteiger partial charge in [0.2, 0.25) is 0 Å². The molecule has 1 aromatic carbocycles. The zero-order chi connectivity index (χ0) is 15.2. The number of methoxy groups -OCH3 is 1. The van der Waals surface area contributed by atoms with Gasteiger partial charge in [-0.2, -0.15) is 0 Å². The van der Waals surface area contributed by atoms with E-state index in [0.717, 1.165) is 44.6 Å². The van der Waals surface area contributed by atoms with Gasteiger partial charge in [0.1, 0.15) is 11.3 Å². The highest BCUT2D eigenvalue weighted by Crippen LogP contribution is 2.22. The third-order valence-electron chi connectivity index (χ3n) is 3.84. The van der Waals surface area contributed by atoms with E-state index in [-0.39, 0.29) is 5.56 Å². The lowest BCUT2D eigenvalue weighted by Gasteiger charge is -2.24. The first kappa shape index (κ1) is 15.8. The summed E-state index contributed by atoms with van der Waals surface area (Å²) in [6.45, 7) is 5.61. The van der Waals surface area contributed by atoms with Crippen molar-refractivity contribution in [1.29, 1.82) is 0 Å². The third-order valence-corrected chi connectivity index (χ3v) is 3.84. The normalized spacial score (nSPS) is 18.1. The van der Waals surface area contributed by atoms with Crippen LogP contribution in [0.3, 0.4) is 0 Å². The molecule has 1 saturated heterocycles. The minimum absolute atomic E-state index is 0.198. The van der Waals surface area contributed by atoms with Gasteiger partial charge in [0.05, 0.1) is 13.2 Å². The molecule has 1 atom stereocenters. The van der Waals surface area contributed by atoms with Crippen LogP contribution < -0.4 is 4.74 Å². The minimum Gasteiger partial charge on any atom is -0.496 e. The number of nitrogens with zero attached hydrogens (tertiary/aromatic N) is 1. The standard InChI is InChI=1S/C16H23NO4/c1-3-17(11-13-5-4-8-21-13)10-12-6-7-14(16(18)19)15(9-12)20-2/h6-7,9,13H,3-5,8,10-11H2,1-2H3,(H,18,19). The van der Waals surface area contributed by atoms with Crippen LogP contribution in [-0.4, -0.2) is 48.9 Å². The average Bonchev–Trinajstić information content (AvgIpc) is 2.99. The summed E-state index contributed by atoms with van der Waals surface area (Å²) in [5.41, 5.74) is 1.25. The Bertz CT molecular complexity index is 483. The fourth-order valence-corrected chi connectivity index (χ4v) is 2.65. The number of aromatic carboxylic acids is 1. The molecule has 1 aromatic rings. The monoisotopic (exact) mass is 293 g/mol. The number of carbonyl (C=O) groups is 1. The van der Waals surface area contributed by atoms with Crippen LogP contribution in [0.5, 0.6) is 5.75 Å². The molecule has 1 aliphatic rings. The highest BCUT2D eigenvalue weighted by molar-refractivity contribution is 5.90. The van der Waals surface area contributed by atoms with Gasteiger partial charge in [0, 0.05) is 19.7 Å². The van der Waals surface area contributed by atoms with Gasteiger partial charge in [0.25, 0.3) is 0 Å². The maximum atomic E-state index is 11.1. The lowest BCUT2D eigenvalue weighted by atomic mass is 10.1. The van der Waals surface area contributed by atoms with Crippen molar-refractivity contribution in [2.45, 2.75) is 32.4 Å². The van der Waals surface area contributed by atoms with E-state index < -0.39 is 5.97 Å². The number of benzene rings is 1. The second-order valence-electron chi connectivity index (χ2n) is 5.30. The molecule has 0 aliphatic carbocycles. The van der Waals surface area contributed by atoms with Gasteiger partial charge in [-0.3, -0.25) is 4.90 Å². The molecule has 0 radical (unpaired) electrons. The molecule has 1 heterocycles. The third kappa shape index (κ3) is 4.19. The maximum Gasteiger partial charge on any atom is 0.339 e. The Morgan fingerprint density at radius 3 is 2.90 bits per heavy atom. The Labute approximate surface area is 125 Å². The summed E-state index contributed by atoms with van der Waals surface area (Å²) < 4.78 is 10.8. The largest absolute Gasteiger partial charge is 0.496 e. The van der Waals surface area contributed by atoms with Crippen LogP contribution >= 0.6 is 0 Å².